The van der Waals surface area contributed by atoms with Crippen molar-refractivity contribution in [2.24, 2.45) is 0 Å². The Balaban J connectivity index is 2.43. The van der Waals surface area contributed by atoms with E-state index in [9.17, 15) is 0 Å². The van der Waals surface area contributed by atoms with Gasteiger partial charge in [-0.2, -0.15) is 0 Å². The molecule has 0 spiro atoms. The molecule has 3 nitrogen and oxygen atoms in total. The van der Waals surface area contributed by atoms with Gasteiger partial charge in [-0.05, 0) is 22.0 Å². The Morgan fingerprint density at radius 1 is 1.55 bits per heavy atom. The first-order chi connectivity index (χ1) is 5.36. The minimum Gasteiger partial charge on any atom is -0.466 e. The molecule has 0 saturated heterocycles. The maximum Gasteiger partial charge on any atom is 0.189 e. The van der Waals surface area contributed by atoms with Crippen LogP contribution in [0.3, 0.4) is 0 Å². The van der Waals surface area contributed by atoms with E-state index >= 15 is 0 Å². The number of pyridine rings is 1. The highest BCUT2D eigenvalue weighted by Gasteiger charge is 2.10. The quantitative estimate of drug-likeness (QED) is 0.618. The largest absolute Gasteiger partial charge is 0.466 e. The van der Waals surface area contributed by atoms with Crippen LogP contribution in [0.5, 0.6) is 5.75 Å². The molecule has 1 aromatic rings. The number of nitrogens with zero attached hydrogens (tertiary/aromatic N) is 1. The predicted molar refractivity (Wildman–Crippen MR) is 42.2 cm³/mol. The molecule has 0 saturated carbocycles. The Kier molecular flexibility index (Phi) is 1.79. The maximum atomic E-state index is 5.17. The maximum absolute atomic E-state index is 5.17. The van der Waals surface area contributed by atoms with Crippen LogP contribution in [-0.2, 0) is 11.3 Å². The summed E-state index contributed by atoms with van der Waals surface area (Å²) in [6.07, 6.45) is 1.70. The van der Waals surface area contributed by atoms with Gasteiger partial charge in [0.2, 0.25) is 0 Å². The number of hydrogen-bond donors (Lipinski definition) is 0. The monoisotopic (exact) mass is 215 g/mol. The lowest BCUT2D eigenvalue weighted by atomic mass is 10.2. The second kappa shape index (κ2) is 2.79. The number of ether oxygens (including phenoxy) is 2. The predicted octanol–water partition coefficient (Wildman–Crippen LogP) is 1.71. The van der Waals surface area contributed by atoms with Gasteiger partial charge in [-0.1, -0.05) is 0 Å². The van der Waals surface area contributed by atoms with Gasteiger partial charge in [0.15, 0.2) is 6.79 Å². The van der Waals surface area contributed by atoms with Crippen molar-refractivity contribution < 1.29 is 9.47 Å². The average molecular weight is 216 g/mol. The highest BCUT2D eigenvalue weighted by molar-refractivity contribution is 9.10. The number of rotatable bonds is 0. The lowest BCUT2D eigenvalue weighted by Gasteiger charge is -2.16. The van der Waals surface area contributed by atoms with Gasteiger partial charge >= 0.3 is 0 Å². The van der Waals surface area contributed by atoms with Crippen molar-refractivity contribution >= 4 is 15.9 Å². The zero-order chi connectivity index (χ0) is 7.68. The van der Waals surface area contributed by atoms with Crippen molar-refractivity contribution in [1.82, 2.24) is 4.98 Å². The second-order valence-electron chi connectivity index (χ2n) is 2.23. The molecule has 0 aliphatic carbocycles. The summed E-state index contributed by atoms with van der Waals surface area (Å²) in [7, 11) is 0. The first-order valence-corrected chi connectivity index (χ1v) is 4.00. The van der Waals surface area contributed by atoms with E-state index in [4.69, 9.17) is 9.47 Å². The third kappa shape index (κ3) is 1.36. The molecule has 0 fully saturated rings. The molecule has 0 aromatic carbocycles. The van der Waals surface area contributed by atoms with Crippen LogP contribution in [0, 0.1) is 0 Å². The summed E-state index contributed by atoms with van der Waals surface area (Å²) in [5.41, 5.74) is 1.04. The van der Waals surface area contributed by atoms with Crippen LogP contribution in [0.2, 0.25) is 0 Å². The molecular formula is C7H6BrNO2. The van der Waals surface area contributed by atoms with E-state index in [1.807, 2.05) is 6.07 Å². The minimum absolute atomic E-state index is 0.330. The van der Waals surface area contributed by atoms with E-state index < -0.39 is 0 Å². The summed E-state index contributed by atoms with van der Waals surface area (Å²) in [6, 6.07) is 1.90. The van der Waals surface area contributed by atoms with Crippen molar-refractivity contribution in [3.05, 3.63) is 22.4 Å². The summed E-state index contributed by atoms with van der Waals surface area (Å²) < 4.78 is 11.1. The highest BCUT2D eigenvalue weighted by Crippen LogP contribution is 2.24. The van der Waals surface area contributed by atoms with Gasteiger partial charge in [-0.25, -0.2) is 4.98 Å². The van der Waals surface area contributed by atoms with Crippen LogP contribution in [-0.4, -0.2) is 11.8 Å². The molecular weight excluding hydrogens is 210 g/mol. The number of halogens is 1. The molecule has 0 atom stereocenters. The van der Waals surface area contributed by atoms with Gasteiger partial charge in [0, 0.05) is 5.56 Å². The van der Waals surface area contributed by atoms with Crippen molar-refractivity contribution in [2.45, 2.75) is 6.61 Å². The Hall–Kier alpha value is -0.610. The van der Waals surface area contributed by atoms with E-state index in [0.717, 1.165) is 15.9 Å². The molecule has 0 N–H and O–H groups in total. The van der Waals surface area contributed by atoms with Crippen LogP contribution >= 0.6 is 15.9 Å². The number of aromatic nitrogens is 1. The standard InChI is InChI=1S/C7H6BrNO2/c8-7-1-5-3-10-4-11-6(5)2-9-7/h1-2H,3-4H2. The molecule has 58 valence electrons. The van der Waals surface area contributed by atoms with Crippen molar-refractivity contribution in [2.75, 3.05) is 6.79 Å². The highest BCUT2D eigenvalue weighted by atomic mass is 79.9. The van der Waals surface area contributed by atoms with Gasteiger partial charge < -0.3 is 9.47 Å². The fourth-order valence-corrected chi connectivity index (χ4v) is 1.33. The first kappa shape index (κ1) is 7.06. The van der Waals surface area contributed by atoms with Crippen molar-refractivity contribution in [3.63, 3.8) is 0 Å². The van der Waals surface area contributed by atoms with Crippen LogP contribution in [0.15, 0.2) is 16.9 Å². The fraction of sp³-hybridized carbons (Fsp3) is 0.286. The van der Waals surface area contributed by atoms with Crippen LogP contribution in [0.25, 0.3) is 0 Å². The molecule has 11 heavy (non-hydrogen) atoms. The SMILES string of the molecule is Brc1cc2c(cn1)OCOC2. The Labute approximate surface area is 72.5 Å². The van der Waals surface area contributed by atoms with Crippen LogP contribution in [0.4, 0.5) is 0 Å². The summed E-state index contributed by atoms with van der Waals surface area (Å²) in [5, 5.41) is 0. The lowest BCUT2D eigenvalue weighted by molar-refractivity contribution is -0.0167. The van der Waals surface area contributed by atoms with Crippen molar-refractivity contribution in [3.8, 4) is 5.75 Å². The molecule has 1 aliphatic heterocycles. The third-order valence-electron chi connectivity index (χ3n) is 1.47. The Morgan fingerprint density at radius 2 is 2.45 bits per heavy atom. The zero-order valence-electron chi connectivity index (χ0n) is 5.71. The Morgan fingerprint density at radius 3 is 3.36 bits per heavy atom. The summed E-state index contributed by atoms with van der Waals surface area (Å²) in [6.45, 7) is 0.937. The van der Waals surface area contributed by atoms with Gasteiger partial charge in [0.05, 0.1) is 12.8 Å². The van der Waals surface area contributed by atoms with E-state index in [2.05, 4.69) is 20.9 Å². The van der Waals surface area contributed by atoms with Crippen LogP contribution in [0.1, 0.15) is 5.56 Å². The smallest absolute Gasteiger partial charge is 0.189 e. The normalized spacial score (nSPS) is 15.4. The summed E-state index contributed by atoms with van der Waals surface area (Å²) in [4.78, 5) is 4.03. The molecule has 4 heteroatoms. The van der Waals surface area contributed by atoms with E-state index in [-0.39, 0.29) is 0 Å². The van der Waals surface area contributed by atoms with E-state index in [1.165, 1.54) is 0 Å². The van der Waals surface area contributed by atoms with Crippen LogP contribution < -0.4 is 4.74 Å². The number of hydrogen-bond acceptors (Lipinski definition) is 3. The van der Waals surface area contributed by atoms with Gasteiger partial charge in [0.25, 0.3) is 0 Å². The molecule has 2 heterocycles. The molecule has 0 bridgehead atoms. The molecule has 1 aliphatic rings. The van der Waals surface area contributed by atoms with Gasteiger partial charge in [0.1, 0.15) is 10.4 Å². The lowest BCUT2D eigenvalue weighted by Crippen LogP contribution is -2.11. The number of fused-ring (bicyclic) bond motifs is 1. The summed E-state index contributed by atoms with van der Waals surface area (Å²) in [5.74, 6) is 0.819. The van der Waals surface area contributed by atoms with E-state index in [1.54, 1.807) is 6.20 Å². The van der Waals surface area contributed by atoms with Gasteiger partial charge in [-0.15, -0.1) is 0 Å². The van der Waals surface area contributed by atoms with Crippen molar-refractivity contribution in [1.29, 1.82) is 0 Å². The molecule has 1 aromatic heterocycles. The molecule has 0 amide bonds. The van der Waals surface area contributed by atoms with E-state index in [0.29, 0.717) is 13.4 Å². The third-order valence-corrected chi connectivity index (χ3v) is 1.90. The van der Waals surface area contributed by atoms with Gasteiger partial charge in [-0.3, -0.25) is 0 Å². The molecule has 2 rings (SSSR count). The molecule has 0 unspecified atom stereocenters. The zero-order valence-corrected chi connectivity index (χ0v) is 7.30. The summed E-state index contributed by atoms with van der Waals surface area (Å²) >= 11 is 3.27. The first-order valence-electron chi connectivity index (χ1n) is 3.21. The average Bonchev–Trinajstić information content (AvgIpc) is 2.04. The Bertz CT molecular complexity index is 277. The fourth-order valence-electron chi connectivity index (χ4n) is 0.955. The topological polar surface area (TPSA) is 31.4 Å². The molecule has 0 radical (unpaired) electrons. The minimum atomic E-state index is 0.330. The second-order valence-corrected chi connectivity index (χ2v) is 3.04.